The fourth-order valence-corrected chi connectivity index (χ4v) is 7.18. The van der Waals surface area contributed by atoms with Gasteiger partial charge in [0.2, 0.25) is 0 Å². The van der Waals surface area contributed by atoms with Gasteiger partial charge in [-0.25, -0.2) is 18.0 Å². The van der Waals surface area contributed by atoms with E-state index in [0.29, 0.717) is 25.8 Å². The molecule has 0 aliphatic heterocycles. The maximum absolute atomic E-state index is 13.5. The third kappa shape index (κ3) is 10.9. The summed E-state index contributed by atoms with van der Waals surface area (Å²) in [5, 5.41) is 9.20. The molecule has 2 N–H and O–H groups in total. The van der Waals surface area contributed by atoms with Crippen LogP contribution < -0.4 is 10.6 Å². The molecule has 3 aromatic rings. The first kappa shape index (κ1) is 31.6. The minimum atomic E-state index is -3.79. The third-order valence-corrected chi connectivity index (χ3v) is 9.65. The van der Waals surface area contributed by atoms with Crippen LogP contribution in [0.4, 0.5) is 9.59 Å². The fourth-order valence-electron chi connectivity index (χ4n) is 3.77. The van der Waals surface area contributed by atoms with Crippen molar-refractivity contribution in [2.24, 2.45) is 0 Å². The molecule has 0 bridgehead atoms. The second kappa shape index (κ2) is 15.2. The summed E-state index contributed by atoms with van der Waals surface area (Å²) >= 11 is 2.63. The summed E-state index contributed by atoms with van der Waals surface area (Å²) in [5.41, 5.74) is 0.273. The van der Waals surface area contributed by atoms with E-state index in [0.717, 1.165) is 21.8 Å². The first-order chi connectivity index (χ1) is 19.0. The highest BCUT2D eigenvalue weighted by Crippen LogP contribution is 2.25. The number of sulfonamides is 1. The van der Waals surface area contributed by atoms with Crippen LogP contribution in [0.15, 0.2) is 69.6 Å². The summed E-state index contributed by atoms with van der Waals surface area (Å²) < 4.78 is 39.4. The maximum Gasteiger partial charge on any atom is 0.407 e. The average molecular weight is 608 g/mol. The van der Waals surface area contributed by atoms with E-state index in [2.05, 4.69) is 10.6 Å². The molecule has 0 saturated heterocycles. The van der Waals surface area contributed by atoms with Crippen molar-refractivity contribution in [1.82, 2.24) is 14.9 Å². The number of thiophene rings is 2. The molecule has 2 aromatic heterocycles. The van der Waals surface area contributed by atoms with Gasteiger partial charge in [0.1, 0.15) is 9.81 Å². The van der Waals surface area contributed by atoms with E-state index in [9.17, 15) is 18.0 Å². The predicted octanol–water partition coefficient (Wildman–Crippen LogP) is 5.99. The van der Waals surface area contributed by atoms with E-state index < -0.39 is 33.9 Å². The van der Waals surface area contributed by atoms with Gasteiger partial charge in [-0.1, -0.05) is 42.5 Å². The van der Waals surface area contributed by atoms with Crippen LogP contribution in [0.2, 0.25) is 0 Å². The molecule has 1 atom stereocenters. The first-order valence-electron chi connectivity index (χ1n) is 13.0. The van der Waals surface area contributed by atoms with Crippen LogP contribution in [0.25, 0.3) is 0 Å². The van der Waals surface area contributed by atoms with E-state index >= 15 is 0 Å². The van der Waals surface area contributed by atoms with Crippen molar-refractivity contribution in [3.8, 4) is 0 Å². The van der Waals surface area contributed by atoms with Crippen molar-refractivity contribution in [2.75, 3.05) is 13.2 Å². The fraction of sp³-hybridized carbons (Fsp3) is 0.429. The van der Waals surface area contributed by atoms with Crippen LogP contribution in [0.1, 0.15) is 50.5 Å². The Hall–Kier alpha value is -2.93. The van der Waals surface area contributed by atoms with Crippen molar-refractivity contribution in [1.29, 1.82) is 0 Å². The van der Waals surface area contributed by atoms with Crippen LogP contribution in [0, 0.1) is 0 Å². The molecule has 0 saturated carbocycles. The molecule has 1 aromatic carbocycles. The maximum atomic E-state index is 13.5. The van der Waals surface area contributed by atoms with Gasteiger partial charge >= 0.3 is 12.2 Å². The Morgan fingerprint density at radius 2 is 1.68 bits per heavy atom. The number of carbonyl (C=O) groups excluding carboxylic acids is 2. The molecule has 12 heteroatoms. The molecule has 0 unspecified atom stereocenters. The largest absolute Gasteiger partial charge is 0.450 e. The SMILES string of the molecule is CC(C)(C)OC(=O)N[C@@H](CCCCOC(=O)NCc1ccccc1)CN(Cc1cccs1)S(=O)(=O)c1cccs1. The van der Waals surface area contributed by atoms with Crippen molar-refractivity contribution in [2.45, 2.75) is 69.0 Å². The summed E-state index contributed by atoms with van der Waals surface area (Å²) in [4.78, 5) is 25.6. The molecule has 2 amide bonds. The van der Waals surface area contributed by atoms with Crippen molar-refractivity contribution >= 4 is 44.9 Å². The number of amides is 2. The average Bonchev–Trinajstić information content (AvgIpc) is 3.61. The smallest absolute Gasteiger partial charge is 0.407 e. The van der Waals surface area contributed by atoms with Crippen molar-refractivity contribution in [3.63, 3.8) is 0 Å². The Bertz CT molecular complexity index is 1270. The number of alkyl carbamates (subject to hydrolysis) is 2. The Labute approximate surface area is 244 Å². The number of nitrogens with zero attached hydrogens (tertiary/aromatic N) is 1. The molecule has 0 fully saturated rings. The van der Waals surface area contributed by atoms with E-state index in [1.807, 2.05) is 47.8 Å². The van der Waals surface area contributed by atoms with Crippen LogP contribution in [-0.4, -0.2) is 49.7 Å². The van der Waals surface area contributed by atoms with E-state index in [4.69, 9.17) is 9.47 Å². The van der Waals surface area contributed by atoms with Gasteiger partial charge in [-0.05, 0) is 68.5 Å². The van der Waals surface area contributed by atoms with Gasteiger partial charge in [-0.2, -0.15) is 4.31 Å². The topological polar surface area (TPSA) is 114 Å². The Balaban J connectivity index is 1.60. The molecular formula is C28H37N3O6S3. The highest BCUT2D eigenvalue weighted by atomic mass is 32.2. The lowest BCUT2D eigenvalue weighted by atomic mass is 10.1. The number of benzene rings is 1. The van der Waals surface area contributed by atoms with Crippen molar-refractivity contribution in [3.05, 3.63) is 75.8 Å². The lowest BCUT2D eigenvalue weighted by Crippen LogP contribution is -2.46. The molecule has 40 heavy (non-hydrogen) atoms. The highest BCUT2D eigenvalue weighted by molar-refractivity contribution is 7.91. The zero-order valence-corrected chi connectivity index (χ0v) is 25.4. The van der Waals surface area contributed by atoms with E-state index in [1.165, 1.54) is 15.6 Å². The quantitative estimate of drug-likeness (QED) is 0.218. The lowest BCUT2D eigenvalue weighted by molar-refractivity contribution is 0.0494. The third-order valence-electron chi connectivity index (χ3n) is 5.61. The number of rotatable bonds is 14. The first-order valence-corrected chi connectivity index (χ1v) is 16.2. The summed E-state index contributed by atoms with van der Waals surface area (Å²) in [7, 11) is -3.79. The Morgan fingerprint density at radius 1 is 0.950 bits per heavy atom. The van der Waals surface area contributed by atoms with E-state index in [-0.39, 0.29) is 23.9 Å². The Morgan fingerprint density at radius 3 is 2.33 bits per heavy atom. The number of unbranched alkanes of at least 4 members (excludes halogenated alkanes) is 1. The number of ether oxygens (including phenoxy) is 2. The molecule has 0 spiro atoms. The summed E-state index contributed by atoms with van der Waals surface area (Å²) in [6.07, 6.45) is 0.497. The van der Waals surface area contributed by atoms with Gasteiger partial charge in [-0.15, -0.1) is 22.7 Å². The normalized spacial score (nSPS) is 12.6. The molecule has 9 nitrogen and oxygen atoms in total. The van der Waals surface area contributed by atoms with Gasteiger partial charge < -0.3 is 20.1 Å². The number of hydrogen-bond donors (Lipinski definition) is 2. The van der Waals surface area contributed by atoms with Crippen molar-refractivity contribution < 1.29 is 27.5 Å². The monoisotopic (exact) mass is 607 g/mol. The molecular weight excluding hydrogens is 571 g/mol. The molecule has 0 radical (unpaired) electrons. The van der Waals surface area contributed by atoms with Gasteiger partial charge in [0, 0.05) is 30.6 Å². The number of hydrogen-bond acceptors (Lipinski definition) is 8. The lowest BCUT2D eigenvalue weighted by Gasteiger charge is -2.28. The van der Waals surface area contributed by atoms with Crippen LogP contribution in [-0.2, 0) is 32.6 Å². The van der Waals surface area contributed by atoms with Gasteiger partial charge in [-0.3, -0.25) is 0 Å². The van der Waals surface area contributed by atoms with Crippen LogP contribution in [0.3, 0.4) is 0 Å². The van der Waals surface area contributed by atoms with Crippen LogP contribution >= 0.6 is 22.7 Å². The summed E-state index contributed by atoms with van der Waals surface area (Å²) in [6, 6.07) is 16.1. The molecule has 218 valence electrons. The van der Waals surface area contributed by atoms with Gasteiger partial charge in [0.25, 0.3) is 10.0 Å². The summed E-state index contributed by atoms with van der Waals surface area (Å²) in [5.74, 6) is 0. The van der Waals surface area contributed by atoms with Gasteiger partial charge in [0.05, 0.1) is 6.61 Å². The van der Waals surface area contributed by atoms with Crippen LogP contribution in [0.5, 0.6) is 0 Å². The van der Waals surface area contributed by atoms with E-state index in [1.54, 1.807) is 38.3 Å². The minimum Gasteiger partial charge on any atom is -0.450 e. The number of carbonyl (C=O) groups is 2. The molecule has 3 rings (SSSR count). The summed E-state index contributed by atoms with van der Waals surface area (Å²) in [6.45, 7) is 6.14. The highest BCUT2D eigenvalue weighted by Gasteiger charge is 2.30. The molecule has 0 aliphatic carbocycles. The Kier molecular flexibility index (Phi) is 12.0. The molecule has 2 heterocycles. The minimum absolute atomic E-state index is 0.0653. The standard InChI is InChI=1S/C28H37N3O6S3/c1-28(2,3)37-27(33)30-23(13-7-8-16-36-26(32)29-19-22-11-5-4-6-12-22)20-31(21-24-14-9-17-38-24)40(34,35)25-15-10-18-39-25/h4-6,9-12,14-15,17-18,23H,7-8,13,16,19-21H2,1-3H3,(H,29,32)(H,30,33)/t23-/m0/s1. The second-order valence-electron chi connectivity index (χ2n) is 10.1. The number of nitrogens with one attached hydrogen (secondary N) is 2. The zero-order valence-electron chi connectivity index (χ0n) is 23.0. The predicted molar refractivity (Wildman–Crippen MR) is 158 cm³/mol. The second-order valence-corrected chi connectivity index (χ2v) is 14.3. The zero-order chi connectivity index (χ0) is 29.0. The molecule has 0 aliphatic rings. The van der Waals surface area contributed by atoms with Gasteiger partial charge in [0.15, 0.2) is 0 Å².